The summed E-state index contributed by atoms with van der Waals surface area (Å²) >= 11 is 0. The quantitative estimate of drug-likeness (QED) is 0.763. The summed E-state index contributed by atoms with van der Waals surface area (Å²) in [5.41, 5.74) is 0.0531. The van der Waals surface area contributed by atoms with E-state index >= 15 is 0 Å². The van der Waals surface area contributed by atoms with Crippen LogP contribution in [0.1, 0.15) is 25.6 Å². The van der Waals surface area contributed by atoms with Gasteiger partial charge < -0.3 is 14.7 Å². The Hall–Kier alpha value is -2.43. The topological polar surface area (TPSA) is 69.9 Å². The Kier molecular flexibility index (Phi) is 5.32. The number of likely N-dealkylation sites (N-methyl/N-ethyl adjacent to an activating group) is 1. The lowest BCUT2D eigenvalue weighted by molar-refractivity contribution is -0.146. The highest BCUT2D eigenvalue weighted by molar-refractivity contribution is 5.79. The van der Waals surface area contributed by atoms with Gasteiger partial charge in [-0.05, 0) is 31.5 Å². The van der Waals surface area contributed by atoms with Gasteiger partial charge >= 0.3 is 6.18 Å². The summed E-state index contributed by atoms with van der Waals surface area (Å²) in [6.07, 6.45) is -3.28. The van der Waals surface area contributed by atoms with Gasteiger partial charge in [0.2, 0.25) is 5.91 Å². The maximum absolute atomic E-state index is 13.1. The predicted octanol–water partition coefficient (Wildman–Crippen LogP) is 1.52. The molecule has 29 heavy (non-hydrogen) atoms. The first-order valence-corrected chi connectivity index (χ1v) is 9.92. The van der Waals surface area contributed by atoms with Gasteiger partial charge in [-0.25, -0.2) is 0 Å². The standard InChI is InChI=1S/C18H24F3N7O/c1-2-25-9-11-27(12-10-25)16(29)13-5-7-26(8-6-13)15-4-3-14-22-23-17(18(19,20)21)28(14)24-15/h3-4,13H,2,5-12H2,1H3. The molecule has 0 unspecified atom stereocenters. The second-order valence-electron chi connectivity index (χ2n) is 7.50. The number of hydrogen-bond acceptors (Lipinski definition) is 6. The average Bonchev–Trinajstić information content (AvgIpc) is 3.17. The van der Waals surface area contributed by atoms with Crippen LogP contribution in [-0.2, 0) is 11.0 Å². The van der Waals surface area contributed by atoms with Crippen molar-refractivity contribution in [3.8, 4) is 0 Å². The summed E-state index contributed by atoms with van der Waals surface area (Å²) in [5, 5.41) is 10.8. The van der Waals surface area contributed by atoms with E-state index in [4.69, 9.17) is 0 Å². The monoisotopic (exact) mass is 411 g/mol. The zero-order valence-corrected chi connectivity index (χ0v) is 16.3. The van der Waals surface area contributed by atoms with Gasteiger partial charge in [-0.1, -0.05) is 6.92 Å². The Bertz CT molecular complexity index is 868. The first-order chi connectivity index (χ1) is 13.9. The van der Waals surface area contributed by atoms with Crippen LogP contribution in [0.25, 0.3) is 5.65 Å². The maximum Gasteiger partial charge on any atom is 0.453 e. The fourth-order valence-electron chi connectivity index (χ4n) is 4.02. The third-order valence-corrected chi connectivity index (χ3v) is 5.80. The summed E-state index contributed by atoms with van der Waals surface area (Å²) in [4.78, 5) is 19.0. The number of amides is 1. The Morgan fingerprint density at radius 1 is 1.07 bits per heavy atom. The van der Waals surface area contributed by atoms with Crippen LogP contribution in [0.5, 0.6) is 0 Å². The molecule has 2 aromatic rings. The van der Waals surface area contributed by atoms with Crippen molar-refractivity contribution in [2.24, 2.45) is 5.92 Å². The van der Waals surface area contributed by atoms with Crippen molar-refractivity contribution in [2.75, 3.05) is 50.7 Å². The van der Waals surface area contributed by atoms with Crippen LogP contribution in [0.15, 0.2) is 12.1 Å². The van der Waals surface area contributed by atoms with Gasteiger partial charge in [0.15, 0.2) is 5.65 Å². The van der Waals surface area contributed by atoms with E-state index in [2.05, 4.69) is 27.1 Å². The van der Waals surface area contributed by atoms with Crippen LogP contribution in [0.4, 0.5) is 19.0 Å². The van der Waals surface area contributed by atoms with Gasteiger partial charge in [0, 0.05) is 45.2 Å². The fourth-order valence-corrected chi connectivity index (χ4v) is 4.02. The zero-order chi connectivity index (χ0) is 20.6. The molecule has 11 heteroatoms. The smallest absolute Gasteiger partial charge is 0.355 e. The number of nitrogens with zero attached hydrogens (tertiary/aromatic N) is 7. The lowest BCUT2D eigenvalue weighted by Crippen LogP contribution is -2.51. The first kappa shape index (κ1) is 19.9. The summed E-state index contributed by atoms with van der Waals surface area (Å²) in [6.45, 7) is 7.62. The molecule has 0 radical (unpaired) electrons. The molecule has 158 valence electrons. The van der Waals surface area contributed by atoms with Crippen LogP contribution in [0.3, 0.4) is 0 Å². The summed E-state index contributed by atoms with van der Waals surface area (Å²) < 4.78 is 39.9. The number of piperidine rings is 1. The van der Waals surface area contributed by atoms with Crippen LogP contribution < -0.4 is 4.90 Å². The van der Waals surface area contributed by atoms with Crippen molar-refractivity contribution in [2.45, 2.75) is 25.9 Å². The molecule has 0 aromatic carbocycles. The molecule has 2 aliphatic heterocycles. The molecule has 1 amide bonds. The molecule has 0 saturated carbocycles. The SMILES string of the molecule is CCN1CCN(C(=O)C2CCN(c3ccc4nnc(C(F)(F)F)n4n3)CC2)CC1. The molecule has 2 aromatic heterocycles. The molecular weight excluding hydrogens is 387 g/mol. The number of alkyl halides is 3. The zero-order valence-electron chi connectivity index (χ0n) is 16.3. The largest absolute Gasteiger partial charge is 0.453 e. The van der Waals surface area contributed by atoms with Gasteiger partial charge in [0.1, 0.15) is 5.82 Å². The summed E-state index contributed by atoms with van der Waals surface area (Å²) in [7, 11) is 0. The van der Waals surface area contributed by atoms with E-state index in [1.54, 1.807) is 6.07 Å². The number of aromatic nitrogens is 4. The van der Waals surface area contributed by atoms with Crippen LogP contribution in [0, 0.1) is 5.92 Å². The normalized spacial score (nSPS) is 19.9. The van der Waals surface area contributed by atoms with Crippen molar-refractivity contribution >= 4 is 17.4 Å². The van der Waals surface area contributed by atoms with E-state index in [1.807, 2.05) is 9.80 Å². The van der Waals surface area contributed by atoms with E-state index in [1.165, 1.54) is 6.07 Å². The molecule has 0 atom stereocenters. The molecule has 2 aliphatic rings. The van der Waals surface area contributed by atoms with E-state index in [0.717, 1.165) is 37.2 Å². The number of halogens is 3. The minimum atomic E-state index is -4.62. The van der Waals surface area contributed by atoms with Crippen LogP contribution >= 0.6 is 0 Å². The lowest BCUT2D eigenvalue weighted by Gasteiger charge is -2.38. The Morgan fingerprint density at radius 2 is 1.76 bits per heavy atom. The van der Waals surface area contributed by atoms with Crippen molar-refractivity contribution in [1.29, 1.82) is 0 Å². The Balaban J connectivity index is 1.40. The van der Waals surface area contributed by atoms with Gasteiger partial charge in [-0.3, -0.25) is 4.79 Å². The van der Waals surface area contributed by atoms with E-state index in [0.29, 0.717) is 31.7 Å². The third-order valence-electron chi connectivity index (χ3n) is 5.80. The van der Waals surface area contributed by atoms with Crippen LogP contribution in [0.2, 0.25) is 0 Å². The highest BCUT2D eigenvalue weighted by Crippen LogP contribution is 2.29. The number of carbonyl (C=O) groups is 1. The first-order valence-electron chi connectivity index (χ1n) is 9.92. The van der Waals surface area contributed by atoms with Gasteiger partial charge in [0.25, 0.3) is 5.82 Å². The average molecular weight is 411 g/mol. The van der Waals surface area contributed by atoms with Gasteiger partial charge in [0.05, 0.1) is 0 Å². The molecule has 4 heterocycles. The minimum Gasteiger partial charge on any atom is -0.355 e. The second-order valence-corrected chi connectivity index (χ2v) is 7.50. The molecule has 2 fully saturated rings. The number of hydrogen-bond donors (Lipinski definition) is 0. The predicted molar refractivity (Wildman–Crippen MR) is 99.4 cm³/mol. The molecule has 0 aliphatic carbocycles. The number of piperazine rings is 1. The number of rotatable bonds is 3. The minimum absolute atomic E-state index is 0.0381. The van der Waals surface area contributed by atoms with E-state index in [-0.39, 0.29) is 17.5 Å². The van der Waals surface area contributed by atoms with Crippen molar-refractivity contribution in [3.05, 3.63) is 18.0 Å². The molecule has 8 nitrogen and oxygen atoms in total. The maximum atomic E-state index is 13.1. The van der Waals surface area contributed by atoms with Crippen molar-refractivity contribution < 1.29 is 18.0 Å². The van der Waals surface area contributed by atoms with Crippen LogP contribution in [-0.4, -0.2) is 81.3 Å². The van der Waals surface area contributed by atoms with E-state index in [9.17, 15) is 18.0 Å². The molecule has 2 saturated heterocycles. The number of anilines is 1. The Morgan fingerprint density at radius 3 is 2.38 bits per heavy atom. The van der Waals surface area contributed by atoms with Gasteiger partial charge in [-0.15, -0.1) is 15.3 Å². The molecular formula is C18H24F3N7O. The molecule has 0 N–H and O–H groups in total. The number of fused-ring (bicyclic) bond motifs is 1. The lowest BCUT2D eigenvalue weighted by atomic mass is 9.95. The van der Waals surface area contributed by atoms with Crippen molar-refractivity contribution in [3.63, 3.8) is 0 Å². The molecule has 0 spiro atoms. The number of carbonyl (C=O) groups excluding carboxylic acids is 1. The molecule has 4 rings (SSSR count). The second kappa shape index (κ2) is 7.77. The Labute approximate surface area is 166 Å². The van der Waals surface area contributed by atoms with Gasteiger partial charge in [-0.2, -0.15) is 17.7 Å². The summed E-state index contributed by atoms with van der Waals surface area (Å²) in [5.74, 6) is -0.540. The summed E-state index contributed by atoms with van der Waals surface area (Å²) in [6, 6.07) is 3.13. The van der Waals surface area contributed by atoms with E-state index < -0.39 is 12.0 Å². The third kappa shape index (κ3) is 4.00. The highest BCUT2D eigenvalue weighted by Gasteiger charge is 2.38. The fraction of sp³-hybridized carbons (Fsp3) is 0.667. The molecule has 0 bridgehead atoms. The van der Waals surface area contributed by atoms with Crippen molar-refractivity contribution in [1.82, 2.24) is 29.6 Å². The highest BCUT2D eigenvalue weighted by atomic mass is 19.4.